The molecule has 1 aromatic carbocycles. The van der Waals surface area contributed by atoms with E-state index < -0.39 is 0 Å². The van der Waals surface area contributed by atoms with E-state index in [1.807, 2.05) is 13.1 Å². The van der Waals surface area contributed by atoms with Gasteiger partial charge in [-0.1, -0.05) is 17.7 Å². The fraction of sp³-hybridized carbons (Fsp3) is 0.600. The molecule has 1 fully saturated rings. The molecule has 4 heteroatoms. The standard InChI is InChI=1S/C15H22ClFN2/c1-10(2)19-7-6-12(9-18-3)15(19)11-4-5-14(17)13(16)8-11/h4-5,8,10,12,15,18H,6-7,9H2,1-3H3. The van der Waals surface area contributed by atoms with E-state index in [0.29, 0.717) is 18.0 Å². The fourth-order valence-corrected chi connectivity index (χ4v) is 3.29. The maximum absolute atomic E-state index is 13.3. The minimum absolute atomic E-state index is 0.219. The summed E-state index contributed by atoms with van der Waals surface area (Å²) in [7, 11) is 1.98. The van der Waals surface area contributed by atoms with Crippen molar-refractivity contribution < 1.29 is 4.39 Å². The molecular formula is C15H22ClFN2. The summed E-state index contributed by atoms with van der Waals surface area (Å²) in [6.45, 7) is 6.48. The van der Waals surface area contributed by atoms with Crippen LogP contribution in [0.3, 0.4) is 0 Å². The second-order valence-electron chi connectivity index (χ2n) is 5.56. The van der Waals surface area contributed by atoms with Crippen molar-refractivity contribution in [2.45, 2.75) is 32.4 Å². The zero-order valence-corrected chi connectivity index (χ0v) is 12.5. The van der Waals surface area contributed by atoms with Gasteiger partial charge in [-0.2, -0.15) is 0 Å². The molecule has 1 aliphatic rings. The Morgan fingerprint density at radius 3 is 2.79 bits per heavy atom. The summed E-state index contributed by atoms with van der Waals surface area (Å²) in [6, 6.07) is 5.94. The first-order valence-electron chi connectivity index (χ1n) is 6.90. The van der Waals surface area contributed by atoms with Crippen LogP contribution in [0.1, 0.15) is 31.9 Å². The van der Waals surface area contributed by atoms with Crippen molar-refractivity contribution in [1.82, 2.24) is 10.2 Å². The lowest BCUT2D eigenvalue weighted by atomic mass is 9.93. The lowest BCUT2D eigenvalue weighted by Gasteiger charge is -2.32. The Labute approximate surface area is 119 Å². The summed E-state index contributed by atoms with van der Waals surface area (Å²) in [4.78, 5) is 2.48. The lowest BCUT2D eigenvalue weighted by molar-refractivity contribution is 0.182. The molecule has 2 rings (SSSR count). The van der Waals surface area contributed by atoms with Gasteiger partial charge in [0.25, 0.3) is 0 Å². The minimum Gasteiger partial charge on any atom is -0.319 e. The van der Waals surface area contributed by atoms with Gasteiger partial charge in [0.15, 0.2) is 0 Å². The van der Waals surface area contributed by atoms with Crippen molar-refractivity contribution in [3.05, 3.63) is 34.6 Å². The van der Waals surface area contributed by atoms with E-state index in [2.05, 4.69) is 24.1 Å². The zero-order valence-electron chi connectivity index (χ0n) is 11.8. The van der Waals surface area contributed by atoms with Crippen LogP contribution in [0.15, 0.2) is 18.2 Å². The zero-order chi connectivity index (χ0) is 14.0. The van der Waals surface area contributed by atoms with Gasteiger partial charge >= 0.3 is 0 Å². The summed E-state index contributed by atoms with van der Waals surface area (Å²) in [5.41, 5.74) is 1.12. The highest BCUT2D eigenvalue weighted by Gasteiger charge is 2.36. The van der Waals surface area contributed by atoms with E-state index in [0.717, 1.165) is 18.7 Å². The van der Waals surface area contributed by atoms with Crippen molar-refractivity contribution in [2.75, 3.05) is 20.1 Å². The Morgan fingerprint density at radius 1 is 1.47 bits per heavy atom. The summed E-state index contributed by atoms with van der Waals surface area (Å²) in [5.74, 6) is 0.207. The Morgan fingerprint density at radius 2 is 2.21 bits per heavy atom. The van der Waals surface area contributed by atoms with Gasteiger partial charge in [0.2, 0.25) is 0 Å². The number of nitrogens with one attached hydrogen (secondary N) is 1. The second-order valence-corrected chi connectivity index (χ2v) is 5.96. The molecule has 2 unspecified atom stereocenters. The number of hydrogen-bond donors (Lipinski definition) is 1. The highest BCUT2D eigenvalue weighted by molar-refractivity contribution is 6.30. The van der Waals surface area contributed by atoms with Gasteiger partial charge in [-0.05, 0) is 64.0 Å². The van der Waals surface area contributed by atoms with Crippen LogP contribution in [0.25, 0.3) is 0 Å². The predicted molar refractivity (Wildman–Crippen MR) is 78.0 cm³/mol. The van der Waals surface area contributed by atoms with Crippen molar-refractivity contribution >= 4 is 11.6 Å². The molecule has 1 saturated heterocycles. The average molecular weight is 285 g/mol. The molecule has 1 aromatic rings. The van der Waals surface area contributed by atoms with Crippen LogP contribution < -0.4 is 5.32 Å². The average Bonchev–Trinajstić information content (AvgIpc) is 2.77. The molecule has 2 nitrogen and oxygen atoms in total. The topological polar surface area (TPSA) is 15.3 Å². The molecular weight excluding hydrogens is 263 g/mol. The third-order valence-electron chi connectivity index (χ3n) is 3.98. The van der Waals surface area contributed by atoms with Gasteiger partial charge < -0.3 is 5.32 Å². The van der Waals surface area contributed by atoms with Crippen LogP contribution in [0.2, 0.25) is 5.02 Å². The van der Waals surface area contributed by atoms with Gasteiger partial charge in [0.05, 0.1) is 5.02 Å². The summed E-state index contributed by atoms with van der Waals surface area (Å²) < 4.78 is 13.3. The van der Waals surface area contributed by atoms with E-state index in [1.54, 1.807) is 6.07 Å². The SMILES string of the molecule is CNCC1CCN(C(C)C)C1c1ccc(F)c(Cl)c1. The number of hydrogen-bond acceptors (Lipinski definition) is 2. The molecule has 0 spiro atoms. The Hall–Kier alpha value is -0.640. The first-order valence-corrected chi connectivity index (χ1v) is 7.27. The molecule has 1 N–H and O–H groups in total. The lowest BCUT2D eigenvalue weighted by Crippen LogP contribution is -2.33. The van der Waals surface area contributed by atoms with Gasteiger partial charge in [0.1, 0.15) is 5.82 Å². The number of benzene rings is 1. The minimum atomic E-state index is -0.343. The van der Waals surface area contributed by atoms with Crippen molar-refractivity contribution in [3.8, 4) is 0 Å². The molecule has 19 heavy (non-hydrogen) atoms. The first-order chi connectivity index (χ1) is 9.04. The third kappa shape index (κ3) is 3.10. The van der Waals surface area contributed by atoms with Crippen LogP contribution in [-0.4, -0.2) is 31.1 Å². The van der Waals surface area contributed by atoms with Gasteiger partial charge in [-0.3, -0.25) is 4.90 Å². The van der Waals surface area contributed by atoms with E-state index in [9.17, 15) is 4.39 Å². The highest BCUT2D eigenvalue weighted by Crippen LogP contribution is 2.39. The smallest absolute Gasteiger partial charge is 0.141 e. The highest BCUT2D eigenvalue weighted by atomic mass is 35.5. The normalized spacial score (nSPS) is 24.3. The van der Waals surface area contributed by atoms with E-state index >= 15 is 0 Å². The molecule has 2 atom stereocenters. The van der Waals surface area contributed by atoms with Crippen LogP contribution in [0.4, 0.5) is 4.39 Å². The predicted octanol–water partition coefficient (Wildman–Crippen LogP) is 3.47. The summed E-state index contributed by atoms with van der Waals surface area (Å²) in [5, 5.41) is 3.48. The van der Waals surface area contributed by atoms with Gasteiger partial charge in [0, 0.05) is 12.1 Å². The van der Waals surface area contributed by atoms with E-state index in [-0.39, 0.29) is 10.8 Å². The maximum Gasteiger partial charge on any atom is 0.141 e. The molecule has 0 bridgehead atoms. The Kier molecular flexibility index (Phi) is 4.82. The molecule has 0 amide bonds. The van der Waals surface area contributed by atoms with Gasteiger partial charge in [-0.25, -0.2) is 4.39 Å². The summed E-state index contributed by atoms with van der Waals surface area (Å²) >= 11 is 5.94. The molecule has 0 aromatic heterocycles. The van der Waals surface area contributed by atoms with Crippen molar-refractivity contribution in [3.63, 3.8) is 0 Å². The quantitative estimate of drug-likeness (QED) is 0.911. The van der Waals surface area contributed by atoms with Crippen LogP contribution in [0, 0.1) is 11.7 Å². The van der Waals surface area contributed by atoms with Crippen molar-refractivity contribution in [2.24, 2.45) is 5.92 Å². The summed E-state index contributed by atoms with van der Waals surface area (Å²) in [6.07, 6.45) is 1.17. The van der Waals surface area contributed by atoms with E-state index in [4.69, 9.17) is 11.6 Å². The van der Waals surface area contributed by atoms with Crippen LogP contribution >= 0.6 is 11.6 Å². The van der Waals surface area contributed by atoms with Crippen LogP contribution in [0.5, 0.6) is 0 Å². The largest absolute Gasteiger partial charge is 0.319 e. The van der Waals surface area contributed by atoms with E-state index in [1.165, 1.54) is 12.5 Å². The monoisotopic (exact) mass is 284 g/mol. The number of rotatable bonds is 4. The first kappa shape index (κ1) is 14.8. The Bertz CT molecular complexity index is 436. The molecule has 0 radical (unpaired) electrons. The molecule has 1 heterocycles. The second kappa shape index (κ2) is 6.21. The molecule has 0 aliphatic carbocycles. The third-order valence-corrected chi connectivity index (χ3v) is 4.27. The van der Waals surface area contributed by atoms with Gasteiger partial charge in [-0.15, -0.1) is 0 Å². The molecule has 106 valence electrons. The number of likely N-dealkylation sites (tertiary alicyclic amines) is 1. The Balaban J connectivity index is 2.31. The van der Waals surface area contributed by atoms with Crippen LogP contribution in [-0.2, 0) is 0 Å². The maximum atomic E-state index is 13.3. The fourth-order valence-electron chi connectivity index (χ4n) is 3.10. The number of halogens is 2. The molecule has 1 aliphatic heterocycles. The molecule has 0 saturated carbocycles. The van der Waals surface area contributed by atoms with Crippen molar-refractivity contribution in [1.29, 1.82) is 0 Å². The number of nitrogens with zero attached hydrogens (tertiary/aromatic N) is 1.